The Kier molecular flexibility index (Phi) is 6.52. The fourth-order valence-electron chi connectivity index (χ4n) is 4.17. The SMILES string of the molecule is COc1ccc(C2CC(c3ccc4ccccc4c3)=NN2C(=O)CO/N=C/c2ccccc2)cc1. The van der Waals surface area contributed by atoms with Gasteiger partial charge in [0.1, 0.15) is 5.75 Å². The summed E-state index contributed by atoms with van der Waals surface area (Å²) in [6.07, 6.45) is 2.19. The van der Waals surface area contributed by atoms with Crippen LogP contribution in [0.5, 0.6) is 5.75 Å². The predicted octanol–water partition coefficient (Wildman–Crippen LogP) is 5.58. The van der Waals surface area contributed by atoms with Gasteiger partial charge in [0.25, 0.3) is 5.91 Å². The molecule has 5 rings (SSSR count). The Labute approximate surface area is 204 Å². The molecule has 1 atom stereocenters. The zero-order valence-corrected chi connectivity index (χ0v) is 19.4. The molecular formula is C29H25N3O3. The number of hydrogen-bond acceptors (Lipinski definition) is 5. The number of carbonyl (C=O) groups is 1. The van der Waals surface area contributed by atoms with Gasteiger partial charge < -0.3 is 9.57 Å². The lowest BCUT2D eigenvalue weighted by Gasteiger charge is -2.21. The molecule has 0 spiro atoms. The molecule has 1 aliphatic rings. The Morgan fingerprint density at radius 2 is 1.71 bits per heavy atom. The summed E-state index contributed by atoms with van der Waals surface area (Å²) in [5.74, 6) is 0.505. The number of methoxy groups -OCH3 is 1. The van der Waals surface area contributed by atoms with E-state index in [-0.39, 0.29) is 18.6 Å². The van der Waals surface area contributed by atoms with E-state index in [0.29, 0.717) is 6.42 Å². The third-order valence-corrected chi connectivity index (χ3v) is 6.01. The molecule has 6 heteroatoms. The topological polar surface area (TPSA) is 63.5 Å². The van der Waals surface area contributed by atoms with Crippen LogP contribution in [0.4, 0.5) is 0 Å². The molecule has 174 valence electrons. The quantitative estimate of drug-likeness (QED) is 0.266. The summed E-state index contributed by atoms with van der Waals surface area (Å²) in [5.41, 5.74) is 3.73. The highest BCUT2D eigenvalue weighted by Crippen LogP contribution is 2.34. The molecule has 1 unspecified atom stereocenters. The van der Waals surface area contributed by atoms with Crippen molar-refractivity contribution in [1.82, 2.24) is 5.01 Å². The summed E-state index contributed by atoms with van der Waals surface area (Å²) in [4.78, 5) is 18.5. The number of oxime groups is 1. The first-order chi connectivity index (χ1) is 17.2. The maximum atomic E-state index is 13.1. The summed E-state index contributed by atoms with van der Waals surface area (Å²) in [5, 5.41) is 12.5. The zero-order chi connectivity index (χ0) is 24.0. The molecule has 0 saturated heterocycles. The number of hydrogen-bond donors (Lipinski definition) is 0. The van der Waals surface area contributed by atoms with Crippen LogP contribution in [0.2, 0.25) is 0 Å². The van der Waals surface area contributed by atoms with Crippen LogP contribution in [-0.2, 0) is 9.63 Å². The zero-order valence-electron chi connectivity index (χ0n) is 19.4. The van der Waals surface area contributed by atoms with Crippen LogP contribution in [0.3, 0.4) is 0 Å². The second-order valence-corrected chi connectivity index (χ2v) is 8.26. The molecule has 6 nitrogen and oxygen atoms in total. The van der Waals surface area contributed by atoms with E-state index in [2.05, 4.69) is 35.5 Å². The molecule has 0 aromatic heterocycles. The predicted molar refractivity (Wildman–Crippen MR) is 138 cm³/mol. The highest BCUT2D eigenvalue weighted by atomic mass is 16.6. The largest absolute Gasteiger partial charge is 0.497 e. The number of hydrazone groups is 1. The highest BCUT2D eigenvalue weighted by molar-refractivity contribution is 6.05. The lowest BCUT2D eigenvalue weighted by molar-refractivity contribution is -0.137. The first kappa shape index (κ1) is 22.3. The fraction of sp³-hybridized carbons (Fsp3) is 0.138. The summed E-state index contributed by atoms with van der Waals surface area (Å²) in [6, 6.07) is 31.5. The Hall–Kier alpha value is -4.45. The summed E-state index contributed by atoms with van der Waals surface area (Å²) in [6.45, 7) is -0.204. The minimum absolute atomic E-state index is 0.204. The number of amides is 1. The molecule has 0 fully saturated rings. The average molecular weight is 464 g/mol. The van der Waals surface area contributed by atoms with Gasteiger partial charge in [0.15, 0.2) is 6.61 Å². The molecule has 4 aromatic carbocycles. The van der Waals surface area contributed by atoms with E-state index in [1.54, 1.807) is 13.3 Å². The van der Waals surface area contributed by atoms with E-state index >= 15 is 0 Å². The maximum absolute atomic E-state index is 13.1. The Morgan fingerprint density at radius 1 is 0.971 bits per heavy atom. The second-order valence-electron chi connectivity index (χ2n) is 8.26. The van der Waals surface area contributed by atoms with Crippen LogP contribution in [0, 0.1) is 0 Å². The number of rotatable bonds is 7. The summed E-state index contributed by atoms with van der Waals surface area (Å²) in [7, 11) is 1.63. The van der Waals surface area contributed by atoms with Crippen LogP contribution in [0.25, 0.3) is 10.8 Å². The van der Waals surface area contributed by atoms with Crippen molar-refractivity contribution in [3.63, 3.8) is 0 Å². The van der Waals surface area contributed by atoms with Crippen molar-refractivity contribution in [2.24, 2.45) is 10.3 Å². The molecule has 0 bridgehead atoms. The van der Waals surface area contributed by atoms with Crippen LogP contribution >= 0.6 is 0 Å². The number of benzene rings is 4. The van der Waals surface area contributed by atoms with Crippen LogP contribution in [0.1, 0.15) is 29.2 Å². The number of nitrogens with zero attached hydrogens (tertiary/aromatic N) is 3. The second kappa shape index (κ2) is 10.2. The van der Waals surface area contributed by atoms with Gasteiger partial charge in [-0.1, -0.05) is 84.0 Å². The third-order valence-electron chi connectivity index (χ3n) is 6.01. The lowest BCUT2D eigenvalue weighted by Crippen LogP contribution is -2.30. The third kappa shape index (κ3) is 5.06. The van der Waals surface area contributed by atoms with Crippen LogP contribution < -0.4 is 4.74 Å². The standard InChI is InChI=1S/C29H25N3O3/c1-34-26-15-13-23(14-16-26)28-18-27(25-12-11-22-9-5-6-10-24(22)17-25)31-32(28)29(33)20-35-30-19-21-7-3-2-4-8-21/h2-17,19,28H,18,20H2,1H3/b30-19+. The minimum Gasteiger partial charge on any atom is -0.497 e. The van der Waals surface area contributed by atoms with Crippen molar-refractivity contribution >= 4 is 28.6 Å². The molecule has 0 aliphatic carbocycles. The Balaban J connectivity index is 1.38. The van der Waals surface area contributed by atoms with E-state index in [1.807, 2.05) is 66.7 Å². The van der Waals surface area contributed by atoms with E-state index in [0.717, 1.165) is 33.5 Å². The monoisotopic (exact) mass is 463 g/mol. The number of fused-ring (bicyclic) bond motifs is 1. The van der Waals surface area contributed by atoms with Gasteiger partial charge in [0, 0.05) is 6.42 Å². The van der Waals surface area contributed by atoms with Gasteiger partial charge in [-0.2, -0.15) is 5.10 Å². The smallest absolute Gasteiger partial charge is 0.283 e. The molecule has 0 N–H and O–H groups in total. The number of ether oxygens (including phenoxy) is 1. The van der Waals surface area contributed by atoms with Gasteiger partial charge in [-0.3, -0.25) is 4.79 Å². The normalized spacial score (nSPS) is 15.4. The molecular weight excluding hydrogens is 438 g/mol. The van der Waals surface area contributed by atoms with Crippen molar-refractivity contribution in [1.29, 1.82) is 0 Å². The van der Waals surface area contributed by atoms with E-state index in [1.165, 1.54) is 10.4 Å². The highest BCUT2D eigenvalue weighted by Gasteiger charge is 2.33. The van der Waals surface area contributed by atoms with E-state index < -0.39 is 0 Å². The van der Waals surface area contributed by atoms with Gasteiger partial charge in [-0.15, -0.1) is 0 Å². The van der Waals surface area contributed by atoms with Crippen LogP contribution in [0.15, 0.2) is 107 Å². The summed E-state index contributed by atoms with van der Waals surface area (Å²) >= 11 is 0. The van der Waals surface area contributed by atoms with Gasteiger partial charge in [0.2, 0.25) is 0 Å². The van der Waals surface area contributed by atoms with Gasteiger partial charge in [-0.05, 0) is 45.7 Å². The molecule has 0 radical (unpaired) electrons. The lowest BCUT2D eigenvalue weighted by atomic mass is 9.97. The Bertz CT molecular complexity index is 1380. The molecule has 1 amide bonds. The molecule has 4 aromatic rings. The molecule has 0 saturated carbocycles. The van der Waals surface area contributed by atoms with Crippen molar-refractivity contribution in [2.75, 3.05) is 13.7 Å². The first-order valence-electron chi connectivity index (χ1n) is 11.4. The van der Waals surface area contributed by atoms with E-state index in [4.69, 9.17) is 14.7 Å². The van der Waals surface area contributed by atoms with Gasteiger partial charge in [-0.25, -0.2) is 5.01 Å². The van der Waals surface area contributed by atoms with Crippen molar-refractivity contribution in [3.8, 4) is 5.75 Å². The maximum Gasteiger partial charge on any atom is 0.283 e. The number of carbonyl (C=O) groups excluding carboxylic acids is 1. The molecule has 35 heavy (non-hydrogen) atoms. The van der Waals surface area contributed by atoms with Gasteiger partial charge in [0.05, 0.1) is 25.1 Å². The van der Waals surface area contributed by atoms with Crippen molar-refractivity contribution < 1.29 is 14.4 Å². The fourth-order valence-corrected chi connectivity index (χ4v) is 4.17. The van der Waals surface area contributed by atoms with Crippen molar-refractivity contribution in [3.05, 3.63) is 114 Å². The molecule has 1 heterocycles. The van der Waals surface area contributed by atoms with Crippen LogP contribution in [-0.4, -0.2) is 36.6 Å². The minimum atomic E-state index is -0.258. The van der Waals surface area contributed by atoms with E-state index in [9.17, 15) is 4.79 Å². The van der Waals surface area contributed by atoms with Crippen molar-refractivity contribution in [2.45, 2.75) is 12.5 Å². The first-order valence-corrected chi connectivity index (χ1v) is 11.4. The van der Waals surface area contributed by atoms with Gasteiger partial charge >= 0.3 is 0 Å². The Morgan fingerprint density at radius 3 is 2.49 bits per heavy atom. The summed E-state index contributed by atoms with van der Waals surface area (Å²) < 4.78 is 5.29. The average Bonchev–Trinajstić information content (AvgIpc) is 3.37. The molecule has 1 aliphatic heterocycles.